The van der Waals surface area contributed by atoms with Crippen molar-refractivity contribution in [1.82, 2.24) is 10.2 Å². The minimum atomic E-state index is -0.436. The van der Waals surface area contributed by atoms with Crippen LogP contribution >= 0.6 is 11.3 Å². The molecule has 1 aliphatic heterocycles. The van der Waals surface area contributed by atoms with Gasteiger partial charge in [0.25, 0.3) is 11.8 Å². The fraction of sp³-hybridized carbons (Fsp3) is 0.214. The predicted molar refractivity (Wildman–Crippen MR) is 81.5 cm³/mol. The van der Waals surface area contributed by atoms with Crippen molar-refractivity contribution < 1.29 is 14.3 Å². The molecule has 1 unspecified atom stereocenters. The molecule has 1 aromatic rings. The Bertz CT molecular complexity index is 745. The van der Waals surface area contributed by atoms with Gasteiger partial charge in [0.1, 0.15) is 11.6 Å². The Morgan fingerprint density at radius 1 is 1.41 bits per heavy atom. The predicted octanol–water partition coefficient (Wildman–Crippen LogP) is 1.27. The van der Waals surface area contributed by atoms with E-state index in [0.717, 1.165) is 0 Å². The van der Waals surface area contributed by atoms with Crippen molar-refractivity contribution in [3.8, 4) is 0 Å². The number of carbonyl (C=O) groups is 2. The minimum absolute atomic E-state index is 0.311. The SMILES string of the molecule is COCc1nnc(NC(=O)C2=CC(=O)N=C3C=CC=CC23)s1. The first-order chi connectivity index (χ1) is 10.7. The Morgan fingerprint density at radius 2 is 2.27 bits per heavy atom. The Morgan fingerprint density at radius 3 is 3.09 bits per heavy atom. The van der Waals surface area contributed by atoms with Crippen molar-refractivity contribution in [3.05, 3.63) is 41.0 Å². The van der Waals surface area contributed by atoms with E-state index in [1.54, 1.807) is 19.3 Å². The molecule has 2 amide bonds. The largest absolute Gasteiger partial charge is 0.377 e. The summed E-state index contributed by atoms with van der Waals surface area (Å²) in [5, 5.41) is 11.5. The lowest BCUT2D eigenvalue weighted by Gasteiger charge is -2.20. The van der Waals surface area contributed by atoms with Gasteiger partial charge in [0.2, 0.25) is 5.13 Å². The lowest BCUT2D eigenvalue weighted by atomic mass is 9.87. The second-order valence-corrected chi connectivity index (χ2v) is 5.65. The van der Waals surface area contributed by atoms with E-state index < -0.39 is 5.91 Å². The lowest BCUT2D eigenvalue weighted by Crippen LogP contribution is -2.28. The molecule has 0 saturated carbocycles. The van der Waals surface area contributed by atoms with Crippen LogP contribution in [0.5, 0.6) is 0 Å². The van der Waals surface area contributed by atoms with Crippen molar-refractivity contribution in [2.24, 2.45) is 10.9 Å². The van der Waals surface area contributed by atoms with Gasteiger partial charge in [-0.25, -0.2) is 4.99 Å². The molecule has 0 fully saturated rings. The molecule has 2 aliphatic rings. The van der Waals surface area contributed by atoms with Gasteiger partial charge in [-0.2, -0.15) is 0 Å². The summed E-state index contributed by atoms with van der Waals surface area (Å²) in [7, 11) is 1.56. The third kappa shape index (κ3) is 2.92. The Labute approximate surface area is 130 Å². The van der Waals surface area contributed by atoms with Crippen LogP contribution in [0.25, 0.3) is 0 Å². The summed E-state index contributed by atoms with van der Waals surface area (Å²) in [5.41, 5.74) is 0.913. The van der Waals surface area contributed by atoms with Crippen LogP contribution in [0.2, 0.25) is 0 Å². The second-order valence-electron chi connectivity index (χ2n) is 4.58. The number of anilines is 1. The number of aliphatic imine (C=N–C) groups is 1. The van der Waals surface area contributed by atoms with Crippen LogP contribution < -0.4 is 5.32 Å². The van der Waals surface area contributed by atoms with E-state index in [1.165, 1.54) is 17.4 Å². The normalized spacial score (nSPS) is 19.5. The van der Waals surface area contributed by atoms with Crippen LogP contribution in [-0.2, 0) is 20.9 Å². The molecule has 1 N–H and O–H groups in total. The highest BCUT2D eigenvalue weighted by molar-refractivity contribution is 7.15. The van der Waals surface area contributed by atoms with Crippen LogP contribution in [0.1, 0.15) is 5.01 Å². The second kappa shape index (κ2) is 6.12. The smallest absolute Gasteiger partial charge is 0.270 e. The molecule has 8 heteroatoms. The average Bonchev–Trinajstić information content (AvgIpc) is 2.94. The van der Waals surface area contributed by atoms with Gasteiger partial charge in [-0.05, 0) is 6.08 Å². The van der Waals surface area contributed by atoms with Crippen molar-refractivity contribution in [2.75, 3.05) is 12.4 Å². The average molecular weight is 316 g/mol. The van der Waals surface area contributed by atoms with Crippen LogP contribution in [-0.4, -0.2) is 34.8 Å². The van der Waals surface area contributed by atoms with Crippen LogP contribution in [0.4, 0.5) is 5.13 Å². The Kier molecular flexibility index (Phi) is 4.03. The molecule has 1 aliphatic carbocycles. The quantitative estimate of drug-likeness (QED) is 0.903. The lowest BCUT2D eigenvalue weighted by molar-refractivity contribution is -0.116. The Balaban J connectivity index is 1.77. The van der Waals surface area contributed by atoms with Gasteiger partial charge in [0, 0.05) is 18.8 Å². The van der Waals surface area contributed by atoms with E-state index in [9.17, 15) is 9.59 Å². The zero-order valence-electron chi connectivity index (χ0n) is 11.6. The van der Waals surface area contributed by atoms with Crippen molar-refractivity contribution in [2.45, 2.75) is 6.61 Å². The van der Waals surface area contributed by atoms with E-state index in [0.29, 0.717) is 28.0 Å². The fourth-order valence-corrected chi connectivity index (χ4v) is 2.85. The van der Waals surface area contributed by atoms with Crippen LogP contribution in [0, 0.1) is 5.92 Å². The molecule has 0 radical (unpaired) electrons. The zero-order chi connectivity index (χ0) is 15.5. The standard InChI is InChI=1S/C14H12N4O3S/c1-21-7-12-17-18-14(22-12)16-13(20)9-6-11(19)15-10-5-3-2-4-8(9)10/h2-6,8H,7H2,1H3,(H,16,18,20). The van der Waals surface area contributed by atoms with Crippen LogP contribution in [0.15, 0.2) is 40.9 Å². The molecule has 0 aromatic carbocycles. The molecule has 1 aromatic heterocycles. The molecule has 0 spiro atoms. The maximum atomic E-state index is 12.4. The number of amides is 2. The Hall–Kier alpha value is -2.45. The highest BCUT2D eigenvalue weighted by Crippen LogP contribution is 2.25. The minimum Gasteiger partial charge on any atom is -0.377 e. The summed E-state index contributed by atoms with van der Waals surface area (Å²) in [6.07, 6.45) is 8.41. The number of allylic oxidation sites excluding steroid dienone is 4. The monoisotopic (exact) mass is 316 g/mol. The highest BCUT2D eigenvalue weighted by atomic mass is 32.1. The first-order valence-electron chi connectivity index (χ1n) is 6.49. The van der Waals surface area contributed by atoms with E-state index in [1.807, 2.05) is 12.2 Å². The molecule has 22 heavy (non-hydrogen) atoms. The van der Waals surface area contributed by atoms with Crippen molar-refractivity contribution in [1.29, 1.82) is 0 Å². The number of hydrogen-bond donors (Lipinski definition) is 1. The summed E-state index contributed by atoms with van der Waals surface area (Å²) in [5.74, 6) is -1.13. The van der Waals surface area contributed by atoms with Gasteiger partial charge in [0.15, 0.2) is 0 Å². The first kappa shape index (κ1) is 14.5. The van der Waals surface area contributed by atoms with Gasteiger partial charge in [-0.1, -0.05) is 29.6 Å². The molecular weight excluding hydrogens is 304 g/mol. The summed E-state index contributed by atoms with van der Waals surface area (Å²) in [6.45, 7) is 0.335. The molecule has 2 heterocycles. The fourth-order valence-electron chi connectivity index (χ4n) is 2.15. The number of methoxy groups -OCH3 is 1. The first-order valence-corrected chi connectivity index (χ1v) is 7.30. The maximum Gasteiger partial charge on any atom is 0.270 e. The number of carbonyl (C=O) groups excluding carboxylic acids is 2. The van der Waals surface area contributed by atoms with Crippen LogP contribution in [0.3, 0.4) is 0 Å². The van der Waals surface area contributed by atoms with Crippen molar-refractivity contribution in [3.63, 3.8) is 0 Å². The number of fused-ring (bicyclic) bond motifs is 1. The van der Waals surface area contributed by atoms with Gasteiger partial charge < -0.3 is 4.74 Å². The van der Waals surface area contributed by atoms with Gasteiger partial charge >= 0.3 is 0 Å². The van der Waals surface area contributed by atoms with E-state index in [4.69, 9.17) is 4.74 Å². The van der Waals surface area contributed by atoms with Gasteiger partial charge in [0.05, 0.1) is 11.6 Å². The molecule has 7 nitrogen and oxygen atoms in total. The molecule has 112 valence electrons. The summed E-state index contributed by atoms with van der Waals surface area (Å²) in [6, 6.07) is 0. The number of rotatable bonds is 4. The number of dihydropyridines is 1. The van der Waals surface area contributed by atoms with Gasteiger partial charge in [-0.3, -0.25) is 14.9 Å². The molecular formula is C14H12N4O3S. The van der Waals surface area contributed by atoms with Crippen molar-refractivity contribution >= 4 is 34.0 Å². The maximum absolute atomic E-state index is 12.4. The number of nitrogens with zero attached hydrogens (tertiary/aromatic N) is 3. The number of aromatic nitrogens is 2. The van der Waals surface area contributed by atoms with Gasteiger partial charge in [-0.15, -0.1) is 10.2 Å². The number of ether oxygens (including phenoxy) is 1. The molecule has 0 saturated heterocycles. The van der Waals surface area contributed by atoms with E-state index >= 15 is 0 Å². The molecule has 1 atom stereocenters. The summed E-state index contributed by atoms with van der Waals surface area (Å²) < 4.78 is 4.95. The summed E-state index contributed by atoms with van der Waals surface area (Å²) >= 11 is 1.23. The highest BCUT2D eigenvalue weighted by Gasteiger charge is 2.28. The third-order valence-electron chi connectivity index (χ3n) is 3.07. The zero-order valence-corrected chi connectivity index (χ0v) is 12.5. The number of nitrogens with one attached hydrogen (secondary N) is 1. The third-order valence-corrected chi connectivity index (χ3v) is 3.88. The number of hydrogen-bond acceptors (Lipinski definition) is 6. The molecule has 0 bridgehead atoms. The topological polar surface area (TPSA) is 93.5 Å². The van der Waals surface area contributed by atoms with E-state index in [2.05, 4.69) is 20.5 Å². The van der Waals surface area contributed by atoms with E-state index in [-0.39, 0.29) is 11.8 Å². The summed E-state index contributed by atoms with van der Waals surface area (Å²) in [4.78, 5) is 27.9. The molecule has 3 rings (SSSR count).